The second kappa shape index (κ2) is 10.6. The summed E-state index contributed by atoms with van der Waals surface area (Å²) in [5.41, 5.74) is 13.7. The normalized spacial score (nSPS) is 12.0. The quantitative estimate of drug-likeness (QED) is 0.196. The minimum Gasteiger partial charge on any atom is -0.309 e. The maximum absolute atomic E-state index is 10.5. The number of hydrogen-bond donors (Lipinski definition) is 0. The van der Waals surface area contributed by atoms with Gasteiger partial charge in [-0.05, 0) is 72.8 Å². The molecule has 0 saturated heterocycles. The molecule has 4 nitrogen and oxygen atoms in total. The van der Waals surface area contributed by atoms with Crippen LogP contribution in [-0.4, -0.2) is 9.13 Å². The number of rotatable bonds is 3. The molecule has 4 heteroatoms. The van der Waals surface area contributed by atoms with E-state index in [1.165, 1.54) is 21.8 Å². The minimum absolute atomic E-state index is 0.662. The highest BCUT2D eigenvalue weighted by atomic mass is 15.2. The van der Waals surface area contributed by atoms with Crippen LogP contribution in [0.5, 0.6) is 0 Å². The standard InChI is InChI=1S/C45H28N4/c46-29-30-13-12-24-42-43(30)44-36-18-6-10-22-40(36)47(31-14-2-1-3-15-31)41-23-11-7-19-37(41)45(44)49(42)33-27-25-32(26-28-33)48-38-20-8-4-16-34(38)35-17-5-9-21-39(35)48/h1-28H. The van der Waals surface area contributed by atoms with Gasteiger partial charge in [0.05, 0.1) is 45.3 Å². The molecule has 2 aromatic heterocycles. The van der Waals surface area contributed by atoms with Crippen molar-refractivity contribution < 1.29 is 0 Å². The summed E-state index contributed by atoms with van der Waals surface area (Å²) in [6, 6.07) is 62.4. The van der Waals surface area contributed by atoms with Crippen molar-refractivity contribution in [2.45, 2.75) is 0 Å². The van der Waals surface area contributed by atoms with Crippen LogP contribution in [0.1, 0.15) is 5.56 Å². The summed E-state index contributed by atoms with van der Waals surface area (Å²) < 4.78 is 4.70. The fourth-order valence-corrected chi connectivity index (χ4v) is 7.90. The molecule has 9 aromatic rings. The van der Waals surface area contributed by atoms with Gasteiger partial charge in [0.1, 0.15) is 0 Å². The van der Waals surface area contributed by atoms with Crippen LogP contribution in [0.15, 0.2) is 170 Å². The third-order valence-corrected chi connectivity index (χ3v) is 9.89. The van der Waals surface area contributed by atoms with Crippen molar-refractivity contribution in [2.75, 3.05) is 4.90 Å². The zero-order valence-corrected chi connectivity index (χ0v) is 26.5. The van der Waals surface area contributed by atoms with Crippen LogP contribution in [0.2, 0.25) is 0 Å². The topological polar surface area (TPSA) is 36.9 Å². The molecule has 10 rings (SSSR count). The SMILES string of the molecule is N#Cc1cccc2c1c1c(n2-c2ccc(-n3c4ccccc4c4ccccc43)cc2)-c2ccccc2N(c2ccccc2)c2ccccc2-1. The van der Waals surface area contributed by atoms with Crippen LogP contribution >= 0.6 is 0 Å². The second-order valence-electron chi connectivity index (χ2n) is 12.5. The number of nitriles is 1. The van der Waals surface area contributed by atoms with Gasteiger partial charge in [-0.3, -0.25) is 0 Å². The maximum Gasteiger partial charge on any atom is 0.0998 e. The highest BCUT2D eigenvalue weighted by Crippen LogP contribution is 2.54. The Kier molecular flexibility index (Phi) is 5.90. The third kappa shape index (κ3) is 3.91. The van der Waals surface area contributed by atoms with Gasteiger partial charge in [0, 0.05) is 49.9 Å². The van der Waals surface area contributed by atoms with Gasteiger partial charge in [-0.1, -0.05) is 97.1 Å². The molecule has 228 valence electrons. The van der Waals surface area contributed by atoms with Crippen molar-refractivity contribution in [1.82, 2.24) is 9.13 Å². The Balaban J connectivity index is 1.28. The lowest BCUT2D eigenvalue weighted by atomic mass is 9.96. The lowest BCUT2D eigenvalue weighted by Gasteiger charge is -2.27. The van der Waals surface area contributed by atoms with Gasteiger partial charge >= 0.3 is 0 Å². The molecule has 7 aromatic carbocycles. The lowest BCUT2D eigenvalue weighted by Crippen LogP contribution is -2.11. The van der Waals surface area contributed by atoms with E-state index < -0.39 is 0 Å². The first kappa shape index (κ1) is 27.3. The van der Waals surface area contributed by atoms with E-state index >= 15 is 0 Å². The van der Waals surface area contributed by atoms with E-state index in [4.69, 9.17) is 0 Å². The van der Waals surface area contributed by atoms with Crippen molar-refractivity contribution in [1.29, 1.82) is 5.26 Å². The number of nitrogens with zero attached hydrogens (tertiary/aromatic N) is 4. The summed E-state index contributed by atoms with van der Waals surface area (Å²) in [6.45, 7) is 0. The Morgan fingerprint density at radius 3 is 1.61 bits per heavy atom. The monoisotopic (exact) mass is 624 g/mol. The first-order valence-corrected chi connectivity index (χ1v) is 16.5. The Morgan fingerprint density at radius 1 is 0.408 bits per heavy atom. The van der Waals surface area contributed by atoms with Crippen LogP contribution < -0.4 is 4.90 Å². The van der Waals surface area contributed by atoms with E-state index in [9.17, 15) is 5.26 Å². The first-order valence-electron chi connectivity index (χ1n) is 16.5. The highest BCUT2D eigenvalue weighted by Gasteiger charge is 2.32. The van der Waals surface area contributed by atoms with Gasteiger partial charge in [-0.15, -0.1) is 0 Å². The number of hydrogen-bond acceptors (Lipinski definition) is 2. The van der Waals surface area contributed by atoms with E-state index in [0.717, 1.165) is 61.7 Å². The fraction of sp³-hybridized carbons (Fsp3) is 0. The molecule has 49 heavy (non-hydrogen) atoms. The molecule has 0 saturated carbocycles. The number of para-hydroxylation sites is 5. The van der Waals surface area contributed by atoms with Crippen molar-refractivity contribution in [3.8, 4) is 39.8 Å². The molecule has 0 aliphatic carbocycles. The molecule has 1 aliphatic rings. The Morgan fingerprint density at radius 2 is 0.939 bits per heavy atom. The van der Waals surface area contributed by atoms with E-state index in [2.05, 4.69) is 178 Å². The number of anilines is 3. The number of benzene rings is 7. The molecule has 0 N–H and O–H groups in total. The average Bonchev–Trinajstić information content (AvgIpc) is 3.65. The largest absolute Gasteiger partial charge is 0.309 e. The zero-order valence-electron chi connectivity index (χ0n) is 26.5. The first-order chi connectivity index (χ1) is 24.3. The highest BCUT2D eigenvalue weighted by molar-refractivity contribution is 6.14. The molecule has 0 fully saturated rings. The summed E-state index contributed by atoms with van der Waals surface area (Å²) >= 11 is 0. The van der Waals surface area contributed by atoms with Crippen LogP contribution in [0.4, 0.5) is 17.1 Å². The van der Waals surface area contributed by atoms with Crippen molar-refractivity contribution >= 4 is 49.8 Å². The molecule has 0 radical (unpaired) electrons. The third-order valence-electron chi connectivity index (χ3n) is 9.89. The summed E-state index contributed by atoms with van der Waals surface area (Å²) in [7, 11) is 0. The molecule has 0 spiro atoms. The molecule has 0 amide bonds. The molecule has 0 atom stereocenters. The number of aromatic nitrogens is 2. The lowest BCUT2D eigenvalue weighted by molar-refractivity contribution is 1.12. The molecular formula is C45H28N4. The van der Waals surface area contributed by atoms with Crippen molar-refractivity contribution in [3.05, 3.63) is 175 Å². The average molecular weight is 625 g/mol. The second-order valence-corrected chi connectivity index (χ2v) is 12.5. The van der Waals surface area contributed by atoms with E-state index in [-0.39, 0.29) is 0 Å². The Labute approximate surface area is 283 Å². The van der Waals surface area contributed by atoms with Gasteiger partial charge in [0.15, 0.2) is 0 Å². The predicted molar refractivity (Wildman–Crippen MR) is 201 cm³/mol. The van der Waals surface area contributed by atoms with Gasteiger partial charge in [-0.2, -0.15) is 5.26 Å². The fourth-order valence-electron chi connectivity index (χ4n) is 7.90. The minimum atomic E-state index is 0.662. The van der Waals surface area contributed by atoms with Crippen molar-refractivity contribution in [2.24, 2.45) is 0 Å². The Bertz CT molecular complexity index is 2720. The van der Waals surface area contributed by atoms with Crippen LogP contribution in [-0.2, 0) is 0 Å². The Hall–Kier alpha value is -6.83. The zero-order chi connectivity index (χ0) is 32.5. The van der Waals surface area contributed by atoms with Crippen LogP contribution in [0.25, 0.3) is 66.5 Å². The van der Waals surface area contributed by atoms with Gasteiger partial charge in [0.2, 0.25) is 0 Å². The molecule has 3 heterocycles. The summed E-state index contributed by atoms with van der Waals surface area (Å²) in [6.07, 6.45) is 0. The molecular weight excluding hydrogens is 597 g/mol. The smallest absolute Gasteiger partial charge is 0.0998 e. The predicted octanol–water partition coefficient (Wildman–Crippen LogP) is 11.7. The van der Waals surface area contributed by atoms with Crippen molar-refractivity contribution in [3.63, 3.8) is 0 Å². The van der Waals surface area contributed by atoms with E-state index in [1.54, 1.807) is 0 Å². The number of fused-ring (bicyclic) bond motifs is 10. The molecule has 0 bridgehead atoms. The van der Waals surface area contributed by atoms with Gasteiger partial charge in [-0.25, -0.2) is 0 Å². The summed E-state index contributed by atoms with van der Waals surface area (Å²) in [5, 5.41) is 13.9. The van der Waals surface area contributed by atoms with Crippen LogP contribution in [0, 0.1) is 11.3 Å². The molecule has 1 aliphatic heterocycles. The van der Waals surface area contributed by atoms with Gasteiger partial charge < -0.3 is 14.0 Å². The molecule has 0 unspecified atom stereocenters. The summed E-state index contributed by atoms with van der Waals surface area (Å²) in [4.78, 5) is 2.35. The summed E-state index contributed by atoms with van der Waals surface area (Å²) in [5.74, 6) is 0. The van der Waals surface area contributed by atoms with E-state index in [1.807, 2.05) is 12.1 Å². The van der Waals surface area contributed by atoms with Crippen LogP contribution in [0.3, 0.4) is 0 Å². The van der Waals surface area contributed by atoms with Gasteiger partial charge in [0.25, 0.3) is 0 Å². The van der Waals surface area contributed by atoms with E-state index in [0.29, 0.717) is 5.56 Å². The maximum atomic E-state index is 10.5.